The quantitative estimate of drug-likeness (QED) is 0.294. The normalized spacial score (nSPS) is 27.1. The fraction of sp³-hybridized carbons (Fsp3) is 0.625. The summed E-state index contributed by atoms with van der Waals surface area (Å²) in [4.78, 5) is 22.9. The minimum absolute atomic E-state index is 0.178. The number of anilines is 1. The molecular weight excluding hydrogens is 372 g/mol. The largest absolute Gasteiger partial charge is 0.480 e. The van der Waals surface area contributed by atoms with Crippen molar-refractivity contribution in [2.24, 2.45) is 11.7 Å². The van der Waals surface area contributed by atoms with Crippen LogP contribution in [-0.2, 0) is 9.53 Å². The van der Waals surface area contributed by atoms with Crippen LogP contribution in [0.1, 0.15) is 25.5 Å². The third-order valence-electron chi connectivity index (χ3n) is 5.03. The van der Waals surface area contributed by atoms with E-state index in [-0.39, 0.29) is 31.2 Å². The zero-order chi connectivity index (χ0) is 20.4. The molecule has 8 N–H and O–H groups in total. The Balaban J connectivity index is 1.71. The van der Waals surface area contributed by atoms with Crippen LogP contribution < -0.4 is 11.5 Å². The van der Waals surface area contributed by atoms with Crippen molar-refractivity contribution < 1.29 is 30.0 Å². The molecule has 0 radical (unpaired) electrons. The molecule has 1 aliphatic rings. The van der Waals surface area contributed by atoms with Crippen LogP contribution in [0.25, 0.3) is 11.2 Å². The summed E-state index contributed by atoms with van der Waals surface area (Å²) < 4.78 is 7.30. The van der Waals surface area contributed by atoms with Crippen LogP contribution in [0.3, 0.4) is 0 Å². The maximum Gasteiger partial charge on any atom is 0.320 e. The highest BCUT2D eigenvalue weighted by atomic mass is 16.6. The minimum atomic E-state index is -1.25. The molecule has 6 atom stereocenters. The highest BCUT2D eigenvalue weighted by Gasteiger charge is 2.44. The number of nitrogens with zero attached hydrogens (tertiary/aromatic N) is 4. The molecule has 28 heavy (non-hydrogen) atoms. The molecule has 154 valence electrons. The Morgan fingerprint density at radius 2 is 2.00 bits per heavy atom. The van der Waals surface area contributed by atoms with E-state index in [2.05, 4.69) is 15.0 Å². The molecule has 1 aliphatic heterocycles. The zero-order valence-corrected chi connectivity index (χ0v) is 15.0. The molecule has 1 fully saturated rings. The van der Waals surface area contributed by atoms with Crippen molar-refractivity contribution in [3.05, 3.63) is 12.7 Å². The number of ether oxygens (including phenoxy) is 1. The highest BCUT2D eigenvalue weighted by Crippen LogP contribution is 2.35. The predicted molar refractivity (Wildman–Crippen MR) is 95.7 cm³/mol. The van der Waals surface area contributed by atoms with Gasteiger partial charge in [-0.3, -0.25) is 9.36 Å². The summed E-state index contributed by atoms with van der Waals surface area (Å²) in [5.74, 6) is -1.27. The van der Waals surface area contributed by atoms with E-state index in [9.17, 15) is 20.1 Å². The number of hydrogen-bond donors (Lipinski definition) is 6. The van der Waals surface area contributed by atoms with Crippen molar-refractivity contribution in [3.8, 4) is 0 Å². The van der Waals surface area contributed by atoms with Gasteiger partial charge in [-0.2, -0.15) is 0 Å². The van der Waals surface area contributed by atoms with E-state index in [1.165, 1.54) is 17.2 Å². The van der Waals surface area contributed by atoms with Gasteiger partial charge in [-0.25, -0.2) is 15.0 Å². The van der Waals surface area contributed by atoms with Gasteiger partial charge in [0.1, 0.15) is 30.1 Å². The molecular formula is C16H24N6O6. The highest BCUT2D eigenvalue weighted by molar-refractivity contribution is 5.81. The van der Waals surface area contributed by atoms with E-state index in [4.69, 9.17) is 21.3 Å². The number of rotatable bonds is 8. The summed E-state index contributed by atoms with van der Waals surface area (Å²) in [5.41, 5.74) is 12.0. The van der Waals surface area contributed by atoms with Gasteiger partial charge in [-0.05, 0) is 25.2 Å². The summed E-state index contributed by atoms with van der Waals surface area (Å²) in [5, 5.41) is 39.3. The third-order valence-corrected chi connectivity index (χ3v) is 5.03. The van der Waals surface area contributed by atoms with Crippen LogP contribution in [-0.4, -0.2) is 76.9 Å². The van der Waals surface area contributed by atoms with Gasteiger partial charge < -0.3 is 36.6 Å². The predicted octanol–water partition coefficient (Wildman–Crippen LogP) is -1.78. The Morgan fingerprint density at radius 3 is 2.68 bits per heavy atom. The molecule has 0 aliphatic carbocycles. The number of aromatic nitrogens is 4. The van der Waals surface area contributed by atoms with E-state index >= 15 is 0 Å². The lowest BCUT2D eigenvalue weighted by Gasteiger charge is -2.21. The average molecular weight is 396 g/mol. The average Bonchev–Trinajstić information content (AvgIpc) is 3.21. The second-order valence-electron chi connectivity index (χ2n) is 6.94. The monoisotopic (exact) mass is 396 g/mol. The molecule has 0 unspecified atom stereocenters. The molecule has 0 aromatic carbocycles. The molecule has 2 aromatic heterocycles. The van der Waals surface area contributed by atoms with Crippen molar-refractivity contribution in [1.29, 1.82) is 0 Å². The topological polar surface area (TPSA) is 203 Å². The van der Waals surface area contributed by atoms with Crippen LogP contribution in [0.5, 0.6) is 0 Å². The van der Waals surface area contributed by atoms with Gasteiger partial charge in [0.15, 0.2) is 17.7 Å². The fourth-order valence-electron chi connectivity index (χ4n) is 3.36. The van der Waals surface area contributed by atoms with E-state index in [0.717, 1.165) is 0 Å². The number of hydrogen-bond acceptors (Lipinski definition) is 10. The molecule has 0 saturated carbocycles. The number of imidazole rings is 1. The number of fused-ring (bicyclic) bond motifs is 1. The summed E-state index contributed by atoms with van der Waals surface area (Å²) in [6.07, 6.45) is -0.765. The number of aliphatic hydroxyl groups excluding tert-OH is 3. The van der Waals surface area contributed by atoms with Crippen molar-refractivity contribution in [2.45, 2.75) is 49.8 Å². The fourth-order valence-corrected chi connectivity index (χ4v) is 3.36. The Kier molecular flexibility index (Phi) is 6.05. The Morgan fingerprint density at radius 1 is 1.25 bits per heavy atom. The van der Waals surface area contributed by atoms with Crippen LogP contribution in [0.15, 0.2) is 12.7 Å². The molecule has 3 rings (SSSR count). The molecule has 12 nitrogen and oxygen atoms in total. The van der Waals surface area contributed by atoms with Crippen LogP contribution in [0, 0.1) is 5.92 Å². The summed E-state index contributed by atoms with van der Waals surface area (Å²) in [6, 6.07) is -1.02. The summed E-state index contributed by atoms with van der Waals surface area (Å²) in [6.45, 7) is -0.225. The first-order valence-electron chi connectivity index (χ1n) is 8.87. The molecule has 0 spiro atoms. The first-order valence-corrected chi connectivity index (χ1v) is 8.87. The zero-order valence-electron chi connectivity index (χ0n) is 15.0. The first-order chi connectivity index (χ1) is 13.3. The number of nitrogen functional groups attached to an aromatic ring is 1. The molecule has 2 aromatic rings. The van der Waals surface area contributed by atoms with E-state index in [1.807, 2.05) is 0 Å². The molecule has 0 bridgehead atoms. The standard InChI is InChI=1S/C16H24N6O6/c17-8(16(26)27)2-1-7(4-23)3-9-11(24)12(25)15(28-9)22-6-21-10-13(18)19-5-20-14(10)22/h5-9,11-12,15,23-25H,1-4,17H2,(H,26,27)(H2,18,19,20)/t7-,8-,9+,11+,12+,15+/m0/s1. The molecule has 1 saturated heterocycles. The van der Waals surface area contributed by atoms with Crippen molar-refractivity contribution in [2.75, 3.05) is 12.3 Å². The van der Waals surface area contributed by atoms with Crippen LogP contribution >= 0.6 is 0 Å². The van der Waals surface area contributed by atoms with Crippen molar-refractivity contribution in [3.63, 3.8) is 0 Å². The molecule has 3 heterocycles. The van der Waals surface area contributed by atoms with Crippen LogP contribution in [0.2, 0.25) is 0 Å². The van der Waals surface area contributed by atoms with E-state index in [1.54, 1.807) is 0 Å². The molecule has 12 heteroatoms. The Hall–Kier alpha value is -2.38. The van der Waals surface area contributed by atoms with Gasteiger partial charge in [-0.15, -0.1) is 0 Å². The van der Waals surface area contributed by atoms with E-state index < -0.39 is 36.6 Å². The number of nitrogens with two attached hydrogens (primary N) is 2. The van der Waals surface area contributed by atoms with Gasteiger partial charge in [0.05, 0.1) is 12.4 Å². The lowest BCUT2D eigenvalue weighted by atomic mass is 9.92. The van der Waals surface area contributed by atoms with E-state index in [0.29, 0.717) is 17.6 Å². The summed E-state index contributed by atoms with van der Waals surface area (Å²) in [7, 11) is 0. The van der Waals surface area contributed by atoms with Gasteiger partial charge in [0.25, 0.3) is 0 Å². The lowest BCUT2D eigenvalue weighted by Crippen LogP contribution is -2.34. The second kappa shape index (κ2) is 8.32. The number of aliphatic carboxylic acids is 1. The lowest BCUT2D eigenvalue weighted by molar-refractivity contribution is -0.138. The molecule has 0 amide bonds. The van der Waals surface area contributed by atoms with Gasteiger partial charge in [0, 0.05) is 6.61 Å². The van der Waals surface area contributed by atoms with Gasteiger partial charge in [-0.1, -0.05) is 0 Å². The van der Waals surface area contributed by atoms with Gasteiger partial charge >= 0.3 is 5.97 Å². The van der Waals surface area contributed by atoms with Gasteiger partial charge in [0.2, 0.25) is 0 Å². The maximum absolute atomic E-state index is 10.8. The first kappa shape index (κ1) is 20.4. The van der Waals surface area contributed by atoms with Crippen molar-refractivity contribution in [1.82, 2.24) is 19.5 Å². The number of carboxylic acid groups (broad SMARTS) is 1. The minimum Gasteiger partial charge on any atom is -0.480 e. The SMILES string of the molecule is Nc1ncnc2c1ncn2[C@@H]1O[C@H](C[C@@H](CO)CC[C@H](N)C(=O)O)[C@@H](O)[C@H]1O. The summed E-state index contributed by atoms with van der Waals surface area (Å²) >= 11 is 0. The maximum atomic E-state index is 10.8. The smallest absolute Gasteiger partial charge is 0.320 e. The number of aliphatic hydroxyl groups is 3. The van der Waals surface area contributed by atoms with Crippen LogP contribution in [0.4, 0.5) is 5.82 Å². The number of carbonyl (C=O) groups is 1. The third kappa shape index (κ3) is 3.91. The number of carboxylic acids is 1. The second-order valence-corrected chi connectivity index (χ2v) is 6.94. The Bertz CT molecular complexity index is 831. The Labute approximate surface area is 159 Å². The van der Waals surface area contributed by atoms with Crippen molar-refractivity contribution >= 4 is 23.0 Å².